The third-order valence-corrected chi connectivity index (χ3v) is 4.44. The lowest BCUT2D eigenvalue weighted by Gasteiger charge is -2.13. The zero-order chi connectivity index (χ0) is 18.2. The topological polar surface area (TPSA) is 59.8 Å². The van der Waals surface area contributed by atoms with Gasteiger partial charge in [-0.15, -0.1) is 24.0 Å². The highest BCUT2D eigenvalue weighted by molar-refractivity contribution is 14.0. The number of nitrogens with one attached hydrogen (secondary N) is 2. The fourth-order valence-electron chi connectivity index (χ4n) is 2.16. The van der Waals surface area contributed by atoms with Gasteiger partial charge in [0.15, 0.2) is 5.96 Å². The largest absolute Gasteiger partial charge is 0.497 e. The van der Waals surface area contributed by atoms with Gasteiger partial charge in [0.1, 0.15) is 23.3 Å². The molecule has 0 saturated heterocycles. The second kappa shape index (κ2) is 11.4. The molecule has 0 radical (unpaired) electrons. The molecule has 6 nitrogen and oxygen atoms in total. The molecule has 0 aliphatic rings. The number of methoxy groups -OCH3 is 1. The molecule has 2 aromatic rings. The van der Waals surface area contributed by atoms with Crippen molar-refractivity contribution in [3.05, 3.63) is 46.2 Å². The van der Waals surface area contributed by atoms with Crippen LogP contribution < -0.4 is 20.1 Å². The van der Waals surface area contributed by atoms with Gasteiger partial charge in [0.05, 0.1) is 25.2 Å². The van der Waals surface area contributed by atoms with E-state index in [1.165, 1.54) is 0 Å². The SMILES string of the molecule is CN=C(NCCOc1ccc(OC)cc1)NCc1cc(Cl)c(Cl)n1C.I. The van der Waals surface area contributed by atoms with E-state index < -0.39 is 0 Å². The summed E-state index contributed by atoms with van der Waals surface area (Å²) in [6.07, 6.45) is 0. The molecule has 0 amide bonds. The first-order chi connectivity index (χ1) is 12.0. The number of aromatic nitrogens is 1. The van der Waals surface area contributed by atoms with Gasteiger partial charge in [-0.1, -0.05) is 23.2 Å². The van der Waals surface area contributed by atoms with Crippen molar-refractivity contribution in [2.75, 3.05) is 27.3 Å². The van der Waals surface area contributed by atoms with Crippen molar-refractivity contribution in [2.45, 2.75) is 6.54 Å². The Morgan fingerprint density at radius 1 is 1.15 bits per heavy atom. The molecule has 9 heteroatoms. The highest BCUT2D eigenvalue weighted by Gasteiger charge is 2.09. The Labute approximate surface area is 180 Å². The predicted molar refractivity (Wildman–Crippen MR) is 118 cm³/mol. The molecule has 144 valence electrons. The van der Waals surface area contributed by atoms with Gasteiger partial charge in [0.25, 0.3) is 0 Å². The van der Waals surface area contributed by atoms with Gasteiger partial charge in [-0.3, -0.25) is 4.99 Å². The Hall–Kier alpha value is -1.32. The lowest BCUT2D eigenvalue weighted by Crippen LogP contribution is -2.39. The van der Waals surface area contributed by atoms with Gasteiger partial charge < -0.3 is 24.7 Å². The van der Waals surface area contributed by atoms with Gasteiger partial charge in [-0.2, -0.15) is 0 Å². The summed E-state index contributed by atoms with van der Waals surface area (Å²) in [5.74, 6) is 2.27. The first-order valence-corrected chi connectivity index (χ1v) is 8.51. The van der Waals surface area contributed by atoms with Gasteiger partial charge in [0, 0.05) is 19.8 Å². The Bertz CT molecular complexity index is 720. The Kier molecular flexibility index (Phi) is 9.97. The zero-order valence-electron chi connectivity index (χ0n) is 14.9. The van der Waals surface area contributed by atoms with E-state index in [1.807, 2.05) is 41.9 Å². The maximum Gasteiger partial charge on any atom is 0.191 e. The number of rotatable bonds is 7. The third-order valence-electron chi connectivity index (χ3n) is 3.60. The predicted octanol–water partition coefficient (Wildman–Crippen LogP) is 3.70. The monoisotopic (exact) mass is 512 g/mol. The first kappa shape index (κ1) is 22.7. The fraction of sp³-hybridized carbons (Fsp3) is 0.353. The quantitative estimate of drug-likeness (QED) is 0.257. The molecule has 1 aromatic carbocycles. The smallest absolute Gasteiger partial charge is 0.191 e. The van der Waals surface area contributed by atoms with E-state index in [1.54, 1.807) is 14.2 Å². The van der Waals surface area contributed by atoms with Crippen molar-refractivity contribution in [2.24, 2.45) is 12.0 Å². The van der Waals surface area contributed by atoms with Crippen molar-refractivity contribution in [3.8, 4) is 11.5 Å². The normalized spacial score (nSPS) is 10.9. The van der Waals surface area contributed by atoms with Crippen LogP contribution in [0.15, 0.2) is 35.3 Å². The summed E-state index contributed by atoms with van der Waals surface area (Å²) in [5.41, 5.74) is 0.965. The molecule has 0 aliphatic carbocycles. The van der Waals surface area contributed by atoms with Crippen LogP contribution in [0.25, 0.3) is 0 Å². The van der Waals surface area contributed by atoms with Crippen LogP contribution in [0.5, 0.6) is 11.5 Å². The number of guanidine groups is 1. The second-order valence-corrected chi connectivity index (χ2v) is 5.98. The van der Waals surface area contributed by atoms with Crippen LogP contribution in [0.3, 0.4) is 0 Å². The van der Waals surface area contributed by atoms with Gasteiger partial charge in [-0.25, -0.2) is 0 Å². The minimum absolute atomic E-state index is 0. The van der Waals surface area contributed by atoms with Gasteiger partial charge in [-0.05, 0) is 30.3 Å². The van der Waals surface area contributed by atoms with Crippen molar-refractivity contribution >= 4 is 53.1 Å². The molecule has 0 spiro atoms. The van der Waals surface area contributed by atoms with Crippen molar-refractivity contribution in [1.82, 2.24) is 15.2 Å². The number of halogens is 3. The highest BCUT2D eigenvalue weighted by atomic mass is 127. The molecular formula is C17H23Cl2IN4O2. The second-order valence-electron chi connectivity index (χ2n) is 5.21. The van der Waals surface area contributed by atoms with Crippen molar-refractivity contribution < 1.29 is 9.47 Å². The van der Waals surface area contributed by atoms with Crippen LogP contribution in [-0.2, 0) is 13.6 Å². The van der Waals surface area contributed by atoms with Crippen LogP contribution in [0.2, 0.25) is 10.2 Å². The molecule has 0 unspecified atom stereocenters. The fourth-order valence-corrected chi connectivity index (χ4v) is 2.58. The number of aliphatic imine (C=N–C) groups is 1. The number of hydrogen-bond acceptors (Lipinski definition) is 3. The van der Waals surface area contributed by atoms with E-state index in [2.05, 4.69) is 15.6 Å². The summed E-state index contributed by atoms with van der Waals surface area (Å²) in [6.45, 7) is 1.68. The van der Waals surface area contributed by atoms with E-state index in [4.69, 9.17) is 32.7 Å². The molecule has 2 N–H and O–H groups in total. The standard InChI is InChI=1S/C17H22Cl2N4O2.HI/c1-20-17(22-11-12-10-15(18)16(19)23(12)2)21-8-9-25-14-6-4-13(24-3)5-7-14;/h4-7,10H,8-9,11H2,1-3H3,(H2,20,21,22);1H. The van der Waals surface area contributed by atoms with Crippen LogP contribution in [-0.4, -0.2) is 37.8 Å². The maximum atomic E-state index is 6.06. The molecule has 1 heterocycles. The van der Waals surface area contributed by atoms with E-state index in [0.717, 1.165) is 17.2 Å². The van der Waals surface area contributed by atoms with E-state index in [0.29, 0.717) is 35.8 Å². The maximum absolute atomic E-state index is 6.06. The molecule has 0 saturated carbocycles. The molecule has 1 aromatic heterocycles. The molecule has 0 fully saturated rings. The van der Waals surface area contributed by atoms with Gasteiger partial charge in [0.2, 0.25) is 0 Å². The lowest BCUT2D eigenvalue weighted by molar-refractivity contribution is 0.321. The van der Waals surface area contributed by atoms with Crippen LogP contribution in [0, 0.1) is 0 Å². The van der Waals surface area contributed by atoms with Crippen LogP contribution in [0.4, 0.5) is 0 Å². The molecule has 0 aliphatic heterocycles. The Balaban J connectivity index is 0.00000338. The molecular weight excluding hydrogens is 490 g/mol. The summed E-state index contributed by atoms with van der Waals surface area (Å²) in [6, 6.07) is 9.29. The first-order valence-electron chi connectivity index (χ1n) is 7.76. The summed E-state index contributed by atoms with van der Waals surface area (Å²) in [7, 11) is 5.21. The third kappa shape index (κ3) is 6.44. The zero-order valence-corrected chi connectivity index (χ0v) is 18.7. The molecule has 0 atom stereocenters. The van der Waals surface area contributed by atoms with Gasteiger partial charge >= 0.3 is 0 Å². The van der Waals surface area contributed by atoms with Crippen LogP contribution in [0.1, 0.15) is 5.69 Å². The van der Waals surface area contributed by atoms with Crippen molar-refractivity contribution in [3.63, 3.8) is 0 Å². The lowest BCUT2D eigenvalue weighted by atomic mass is 10.3. The number of hydrogen-bond donors (Lipinski definition) is 2. The van der Waals surface area contributed by atoms with E-state index in [9.17, 15) is 0 Å². The Morgan fingerprint density at radius 3 is 2.35 bits per heavy atom. The average Bonchev–Trinajstić information content (AvgIpc) is 2.88. The summed E-state index contributed by atoms with van der Waals surface area (Å²) >= 11 is 12.1. The number of nitrogens with zero attached hydrogens (tertiary/aromatic N) is 2. The number of benzene rings is 1. The van der Waals surface area contributed by atoms with Crippen LogP contribution >= 0.6 is 47.2 Å². The van der Waals surface area contributed by atoms with E-state index >= 15 is 0 Å². The molecule has 2 rings (SSSR count). The highest BCUT2D eigenvalue weighted by Crippen LogP contribution is 2.24. The Morgan fingerprint density at radius 2 is 1.81 bits per heavy atom. The molecule has 0 bridgehead atoms. The minimum Gasteiger partial charge on any atom is -0.497 e. The number of ether oxygens (including phenoxy) is 2. The summed E-state index contributed by atoms with van der Waals surface area (Å²) < 4.78 is 12.6. The van der Waals surface area contributed by atoms with Crippen molar-refractivity contribution in [1.29, 1.82) is 0 Å². The minimum atomic E-state index is 0. The van der Waals surface area contributed by atoms with E-state index in [-0.39, 0.29) is 24.0 Å². The summed E-state index contributed by atoms with van der Waals surface area (Å²) in [4.78, 5) is 4.18. The average molecular weight is 513 g/mol. The summed E-state index contributed by atoms with van der Waals surface area (Å²) in [5, 5.41) is 7.46. The molecule has 26 heavy (non-hydrogen) atoms.